The quantitative estimate of drug-likeness (QED) is 0.250. The fourth-order valence-electron chi connectivity index (χ4n) is 5.53. The zero-order valence-corrected chi connectivity index (χ0v) is 18.2. The third kappa shape index (κ3) is 4.30. The van der Waals surface area contributed by atoms with Gasteiger partial charge >= 0.3 is 0 Å². The highest BCUT2D eigenvalue weighted by molar-refractivity contribution is 5.89. The van der Waals surface area contributed by atoms with E-state index in [-0.39, 0.29) is 24.5 Å². The molecule has 0 amide bonds. The van der Waals surface area contributed by atoms with Crippen LogP contribution in [0.1, 0.15) is 46.5 Å². The monoisotopic (exact) mass is 448 g/mol. The number of carbonyl (C=O) groups excluding carboxylic acids is 1. The van der Waals surface area contributed by atoms with Crippen LogP contribution in [0.2, 0.25) is 0 Å². The van der Waals surface area contributed by atoms with E-state index in [2.05, 4.69) is 0 Å². The largest absolute Gasteiger partial charge is 0.394 e. The molecule has 10 atom stereocenters. The average molecular weight is 449 g/mol. The van der Waals surface area contributed by atoms with Crippen molar-refractivity contribution in [2.75, 3.05) is 13.2 Å². The number of fused-ring (bicyclic) bond motifs is 1. The number of carbonyl (C=O) groups is 1. The Morgan fingerprint density at radius 2 is 1.74 bits per heavy atom. The second-order valence-electron chi connectivity index (χ2n) is 10.1. The first-order valence-electron chi connectivity index (χ1n) is 10.9. The minimum Gasteiger partial charge on any atom is -0.394 e. The maximum Gasteiger partial charge on any atom is 0.187 e. The molecule has 7 N–H and O–H groups in total. The van der Waals surface area contributed by atoms with E-state index < -0.39 is 72.6 Å². The lowest BCUT2D eigenvalue weighted by molar-refractivity contribution is -0.329. The van der Waals surface area contributed by atoms with Gasteiger partial charge in [-0.2, -0.15) is 0 Å². The van der Waals surface area contributed by atoms with E-state index in [0.29, 0.717) is 12.8 Å². The number of ketones is 1. The molecular weight excluding hydrogens is 412 g/mol. The second kappa shape index (κ2) is 8.58. The second-order valence-corrected chi connectivity index (χ2v) is 10.1. The van der Waals surface area contributed by atoms with Crippen molar-refractivity contribution in [3.8, 4) is 0 Å². The van der Waals surface area contributed by atoms with Crippen LogP contribution in [0.15, 0.2) is 0 Å². The predicted octanol–water partition coefficient (Wildman–Crippen LogP) is -1.94. The van der Waals surface area contributed by atoms with E-state index in [4.69, 9.17) is 9.47 Å². The van der Waals surface area contributed by atoms with E-state index in [0.717, 1.165) is 0 Å². The molecule has 3 unspecified atom stereocenters. The number of aliphatic hydroxyl groups excluding tert-OH is 5. The summed E-state index contributed by atoms with van der Waals surface area (Å²) in [5.41, 5.74) is -4.15. The predicted molar refractivity (Wildman–Crippen MR) is 106 cm³/mol. The Morgan fingerprint density at radius 1 is 1.10 bits per heavy atom. The minimum atomic E-state index is -1.64. The van der Waals surface area contributed by atoms with E-state index in [1.54, 1.807) is 13.8 Å². The normalized spacial score (nSPS) is 49.0. The molecule has 3 aliphatic rings. The molecule has 3 rings (SSSR count). The van der Waals surface area contributed by atoms with Gasteiger partial charge in [0.2, 0.25) is 0 Å². The number of Topliss-reactive ketones (excluding diaryl/α,β-unsaturated/α-hetero) is 1. The van der Waals surface area contributed by atoms with Crippen LogP contribution in [0, 0.1) is 17.8 Å². The minimum absolute atomic E-state index is 0.0184. The van der Waals surface area contributed by atoms with Crippen LogP contribution in [0.25, 0.3) is 0 Å². The highest BCUT2D eigenvalue weighted by Gasteiger charge is 2.60. The number of hydrogen-bond donors (Lipinski definition) is 7. The van der Waals surface area contributed by atoms with Crippen LogP contribution in [0.3, 0.4) is 0 Å². The van der Waals surface area contributed by atoms with Gasteiger partial charge in [0.05, 0.1) is 24.4 Å². The number of ether oxygens (including phenoxy) is 2. The summed E-state index contributed by atoms with van der Waals surface area (Å²) in [5.74, 6) is -1.86. The molecule has 0 bridgehead atoms. The van der Waals surface area contributed by atoms with E-state index >= 15 is 0 Å². The van der Waals surface area contributed by atoms with Crippen LogP contribution in [-0.2, 0) is 14.3 Å². The first-order valence-corrected chi connectivity index (χ1v) is 10.9. The van der Waals surface area contributed by atoms with Crippen molar-refractivity contribution >= 4 is 5.78 Å². The highest BCUT2D eigenvalue weighted by Crippen LogP contribution is 2.52. The highest BCUT2D eigenvalue weighted by atomic mass is 16.7. The zero-order valence-electron chi connectivity index (χ0n) is 18.2. The standard InChI is InChI=1S/C21H36O10/c1-19(2,31-18-17(27)16(26)15(25)13(8-22)30-18)10-4-5-21(29,9-23)12-7-14(24)20(3,28)11(12)6-10/h10-13,15-18,22-23,25-29H,4-9H2,1-3H3/t10?,11-,12+,13-,15-,16?,17-,18?,20+,21+/m1/s1. The average Bonchev–Trinajstić information content (AvgIpc) is 2.84. The van der Waals surface area contributed by atoms with Crippen molar-refractivity contribution in [2.24, 2.45) is 17.8 Å². The molecule has 0 radical (unpaired) electrons. The van der Waals surface area contributed by atoms with Crippen molar-refractivity contribution in [1.29, 1.82) is 0 Å². The van der Waals surface area contributed by atoms with Gasteiger partial charge in [0.15, 0.2) is 12.1 Å². The van der Waals surface area contributed by atoms with Gasteiger partial charge in [-0.1, -0.05) is 0 Å². The summed E-state index contributed by atoms with van der Waals surface area (Å²) in [5, 5.41) is 71.5. The molecule has 1 heterocycles. The van der Waals surface area contributed by atoms with Gasteiger partial charge in [-0.3, -0.25) is 4.79 Å². The molecule has 1 aliphatic heterocycles. The summed E-state index contributed by atoms with van der Waals surface area (Å²) in [4.78, 5) is 12.4. The van der Waals surface area contributed by atoms with Crippen LogP contribution in [0.4, 0.5) is 0 Å². The third-order valence-corrected chi connectivity index (χ3v) is 7.86. The molecule has 0 aromatic heterocycles. The molecule has 10 nitrogen and oxygen atoms in total. The Morgan fingerprint density at radius 3 is 2.32 bits per heavy atom. The molecule has 31 heavy (non-hydrogen) atoms. The van der Waals surface area contributed by atoms with Crippen LogP contribution in [0.5, 0.6) is 0 Å². The summed E-state index contributed by atoms with van der Waals surface area (Å²) in [7, 11) is 0. The van der Waals surface area contributed by atoms with Crippen molar-refractivity contribution in [3.63, 3.8) is 0 Å². The van der Waals surface area contributed by atoms with E-state index in [1.807, 2.05) is 0 Å². The topological polar surface area (TPSA) is 177 Å². The molecule has 3 fully saturated rings. The SMILES string of the molecule is CC(C)(OC1O[C@H](CO)[C@@H](O)C(O)[C@H]1O)C1CC[C@](O)(CO)[C@H]2CC(=O)[C@@](C)(O)[C@@H]2C1. The van der Waals surface area contributed by atoms with Gasteiger partial charge in [0.1, 0.15) is 30.0 Å². The lowest BCUT2D eigenvalue weighted by Gasteiger charge is -2.45. The smallest absolute Gasteiger partial charge is 0.187 e. The Bertz CT molecular complexity index is 665. The van der Waals surface area contributed by atoms with Crippen LogP contribution < -0.4 is 0 Å². The summed E-state index contributed by atoms with van der Waals surface area (Å²) >= 11 is 0. The molecule has 0 aromatic rings. The molecule has 10 heteroatoms. The van der Waals surface area contributed by atoms with Gasteiger partial charge in [-0.15, -0.1) is 0 Å². The number of rotatable bonds is 5. The maximum atomic E-state index is 12.4. The molecule has 180 valence electrons. The lowest BCUT2D eigenvalue weighted by atomic mass is 9.74. The van der Waals surface area contributed by atoms with Crippen LogP contribution in [-0.4, -0.2) is 102 Å². The summed E-state index contributed by atoms with van der Waals surface area (Å²) in [6.07, 6.45) is -6.14. The third-order valence-electron chi connectivity index (χ3n) is 7.86. The summed E-state index contributed by atoms with van der Waals surface area (Å²) in [6, 6.07) is 0. The zero-order chi connectivity index (χ0) is 23.4. The van der Waals surface area contributed by atoms with Crippen LogP contribution >= 0.6 is 0 Å². The van der Waals surface area contributed by atoms with Gasteiger partial charge in [-0.05, 0) is 46.0 Å². The van der Waals surface area contributed by atoms with Crippen molar-refractivity contribution in [2.45, 2.75) is 94.0 Å². The molecule has 0 spiro atoms. The van der Waals surface area contributed by atoms with E-state index in [1.165, 1.54) is 6.92 Å². The Labute approximate surface area is 181 Å². The summed E-state index contributed by atoms with van der Waals surface area (Å²) in [6.45, 7) is 3.81. The van der Waals surface area contributed by atoms with E-state index in [9.17, 15) is 40.5 Å². The van der Waals surface area contributed by atoms with Crippen molar-refractivity contribution in [1.82, 2.24) is 0 Å². The Hall–Kier alpha value is -0.690. The Balaban J connectivity index is 1.83. The lowest BCUT2D eigenvalue weighted by Crippen LogP contribution is -2.61. The Kier molecular flexibility index (Phi) is 6.91. The first kappa shape index (κ1) is 24.9. The first-order chi connectivity index (χ1) is 14.3. The van der Waals surface area contributed by atoms with Gasteiger partial charge in [0.25, 0.3) is 0 Å². The van der Waals surface area contributed by atoms with Gasteiger partial charge in [0, 0.05) is 18.3 Å². The van der Waals surface area contributed by atoms with Gasteiger partial charge in [-0.25, -0.2) is 0 Å². The van der Waals surface area contributed by atoms with Crippen molar-refractivity contribution in [3.05, 3.63) is 0 Å². The molecule has 2 aliphatic carbocycles. The maximum absolute atomic E-state index is 12.4. The summed E-state index contributed by atoms with van der Waals surface area (Å²) < 4.78 is 11.5. The number of aliphatic hydroxyl groups is 7. The molecule has 2 saturated carbocycles. The fraction of sp³-hybridized carbons (Fsp3) is 0.952. The fourth-order valence-corrected chi connectivity index (χ4v) is 5.53. The van der Waals surface area contributed by atoms with Gasteiger partial charge < -0.3 is 45.2 Å². The molecule has 1 saturated heterocycles. The molecule has 0 aromatic carbocycles. The van der Waals surface area contributed by atoms with Crippen molar-refractivity contribution < 1.29 is 50.0 Å². The number of hydrogen-bond acceptors (Lipinski definition) is 10. The molecular formula is C21H36O10.